The molecule has 0 saturated heterocycles. The lowest BCUT2D eigenvalue weighted by Crippen LogP contribution is -1.83. The molecule has 0 aliphatic rings. The maximum Gasteiger partial charge on any atom is 0.112 e. The SMILES string of the molecule is C=COCc1ccccc1.C=Cc1ccccc1C=C. The molecular weight excluding hydrogens is 244 g/mol. The average molecular weight is 264 g/mol. The lowest BCUT2D eigenvalue weighted by molar-refractivity contribution is 0.237. The van der Waals surface area contributed by atoms with Crippen molar-refractivity contribution in [1.82, 2.24) is 0 Å². The van der Waals surface area contributed by atoms with Crippen LogP contribution in [0.3, 0.4) is 0 Å². The van der Waals surface area contributed by atoms with E-state index < -0.39 is 0 Å². The Labute approximate surface area is 121 Å². The highest BCUT2D eigenvalue weighted by Gasteiger charge is 1.89. The lowest BCUT2D eigenvalue weighted by atomic mass is 10.1. The van der Waals surface area contributed by atoms with Gasteiger partial charge in [0.25, 0.3) is 0 Å². The molecule has 2 aromatic rings. The highest BCUT2D eigenvalue weighted by Crippen LogP contribution is 2.10. The molecule has 102 valence electrons. The second-order valence-electron chi connectivity index (χ2n) is 4.00. The highest BCUT2D eigenvalue weighted by molar-refractivity contribution is 5.63. The average Bonchev–Trinajstić information content (AvgIpc) is 2.54. The van der Waals surface area contributed by atoms with Crippen LogP contribution in [0.1, 0.15) is 16.7 Å². The molecule has 20 heavy (non-hydrogen) atoms. The molecule has 0 N–H and O–H groups in total. The standard InChI is InChI=1S/C10H10.C9H10O/c1-3-9-7-5-6-8-10(9)4-2;1-2-10-8-9-6-4-3-5-7-9/h3-8H,1-2H2;2-7H,1,8H2. The summed E-state index contributed by atoms with van der Waals surface area (Å²) < 4.78 is 4.98. The van der Waals surface area contributed by atoms with E-state index in [0.717, 1.165) is 11.1 Å². The molecule has 0 amide bonds. The van der Waals surface area contributed by atoms with Crippen LogP contribution in [0.4, 0.5) is 0 Å². The number of hydrogen-bond acceptors (Lipinski definition) is 1. The Morgan fingerprint density at radius 3 is 1.70 bits per heavy atom. The molecule has 0 radical (unpaired) electrons. The first-order valence-electron chi connectivity index (χ1n) is 6.42. The smallest absolute Gasteiger partial charge is 0.112 e. The Balaban J connectivity index is 0.000000200. The van der Waals surface area contributed by atoms with E-state index >= 15 is 0 Å². The van der Waals surface area contributed by atoms with Gasteiger partial charge in [0.2, 0.25) is 0 Å². The summed E-state index contributed by atoms with van der Waals surface area (Å²) in [5.74, 6) is 0. The quantitative estimate of drug-likeness (QED) is 0.664. The summed E-state index contributed by atoms with van der Waals surface area (Å²) in [6.45, 7) is 11.5. The van der Waals surface area contributed by atoms with E-state index in [9.17, 15) is 0 Å². The van der Waals surface area contributed by atoms with Crippen LogP contribution in [0.15, 0.2) is 80.6 Å². The van der Waals surface area contributed by atoms with Gasteiger partial charge < -0.3 is 4.74 Å². The zero-order valence-electron chi connectivity index (χ0n) is 11.7. The van der Waals surface area contributed by atoms with Crippen molar-refractivity contribution in [2.24, 2.45) is 0 Å². The Morgan fingerprint density at radius 2 is 1.25 bits per heavy atom. The molecule has 0 spiro atoms. The fourth-order valence-corrected chi connectivity index (χ4v) is 1.61. The highest BCUT2D eigenvalue weighted by atomic mass is 16.5. The van der Waals surface area contributed by atoms with Crippen molar-refractivity contribution in [3.63, 3.8) is 0 Å². The molecule has 0 saturated carbocycles. The molecule has 1 nitrogen and oxygen atoms in total. The molecule has 0 bridgehead atoms. The Bertz CT molecular complexity index is 514. The summed E-state index contributed by atoms with van der Waals surface area (Å²) in [7, 11) is 0. The van der Waals surface area contributed by atoms with Crippen LogP contribution in [-0.4, -0.2) is 0 Å². The van der Waals surface area contributed by atoms with E-state index in [4.69, 9.17) is 4.74 Å². The molecule has 0 atom stereocenters. The zero-order valence-corrected chi connectivity index (χ0v) is 11.7. The minimum Gasteiger partial charge on any atom is -0.497 e. The first kappa shape index (κ1) is 15.5. The number of rotatable bonds is 5. The van der Waals surface area contributed by atoms with Gasteiger partial charge in [-0.3, -0.25) is 0 Å². The fourth-order valence-electron chi connectivity index (χ4n) is 1.61. The summed E-state index contributed by atoms with van der Waals surface area (Å²) in [5.41, 5.74) is 3.44. The van der Waals surface area contributed by atoms with Crippen molar-refractivity contribution >= 4 is 12.2 Å². The molecular formula is C19H20O. The van der Waals surface area contributed by atoms with Gasteiger partial charge in [-0.15, -0.1) is 0 Å². The maximum atomic E-state index is 4.98. The van der Waals surface area contributed by atoms with Crippen LogP contribution in [0.5, 0.6) is 0 Å². The minimum absolute atomic E-state index is 0.615. The van der Waals surface area contributed by atoms with Gasteiger partial charge in [0, 0.05) is 0 Å². The molecule has 0 unspecified atom stereocenters. The van der Waals surface area contributed by atoms with E-state index in [1.165, 1.54) is 11.8 Å². The molecule has 0 aliphatic carbocycles. The van der Waals surface area contributed by atoms with Gasteiger partial charge in [-0.25, -0.2) is 0 Å². The van der Waals surface area contributed by atoms with E-state index in [1.807, 2.05) is 66.7 Å². The van der Waals surface area contributed by atoms with Crippen LogP contribution in [-0.2, 0) is 11.3 Å². The topological polar surface area (TPSA) is 9.23 Å². The summed E-state index contributed by atoms with van der Waals surface area (Å²) >= 11 is 0. The van der Waals surface area contributed by atoms with Crippen molar-refractivity contribution in [2.45, 2.75) is 6.61 Å². The summed E-state index contributed by atoms with van der Waals surface area (Å²) in [6, 6.07) is 18.0. The summed E-state index contributed by atoms with van der Waals surface area (Å²) in [5, 5.41) is 0. The van der Waals surface area contributed by atoms with Crippen molar-refractivity contribution < 1.29 is 4.74 Å². The van der Waals surface area contributed by atoms with E-state index in [0.29, 0.717) is 6.61 Å². The molecule has 0 fully saturated rings. The summed E-state index contributed by atoms with van der Waals surface area (Å²) in [4.78, 5) is 0. The third kappa shape index (κ3) is 5.40. The predicted octanol–water partition coefficient (Wildman–Crippen LogP) is 5.32. The third-order valence-corrected chi connectivity index (χ3v) is 2.65. The normalized spacial score (nSPS) is 8.80. The van der Waals surface area contributed by atoms with Crippen LogP contribution in [0.2, 0.25) is 0 Å². The van der Waals surface area contributed by atoms with Gasteiger partial charge in [-0.1, -0.05) is 86.5 Å². The van der Waals surface area contributed by atoms with Gasteiger partial charge in [0.15, 0.2) is 0 Å². The van der Waals surface area contributed by atoms with Crippen LogP contribution >= 0.6 is 0 Å². The number of benzene rings is 2. The second-order valence-corrected chi connectivity index (χ2v) is 4.00. The van der Waals surface area contributed by atoms with Crippen LogP contribution in [0.25, 0.3) is 12.2 Å². The van der Waals surface area contributed by atoms with Gasteiger partial charge in [0.05, 0.1) is 6.26 Å². The molecule has 0 heterocycles. The Kier molecular flexibility index (Phi) is 7.29. The van der Waals surface area contributed by atoms with E-state index in [1.54, 1.807) is 0 Å². The first-order chi connectivity index (χ1) is 9.81. The zero-order chi connectivity index (χ0) is 14.6. The molecule has 1 heteroatoms. The molecule has 0 aromatic heterocycles. The largest absolute Gasteiger partial charge is 0.497 e. The summed E-state index contributed by atoms with van der Waals surface area (Å²) in [6.07, 6.45) is 5.11. The van der Waals surface area contributed by atoms with Crippen molar-refractivity contribution in [1.29, 1.82) is 0 Å². The minimum atomic E-state index is 0.615. The van der Waals surface area contributed by atoms with Gasteiger partial charge in [-0.2, -0.15) is 0 Å². The van der Waals surface area contributed by atoms with E-state index in [-0.39, 0.29) is 0 Å². The van der Waals surface area contributed by atoms with Crippen molar-refractivity contribution in [2.75, 3.05) is 0 Å². The van der Waals surface area contributed by atoms with Crippen molar-refractivity contribution in [3.8, 4) is 0 Å². The van der Waals surface area contributed by atoms with Gasteiger partial charge >= 0.3 is 0 Å². The van der Waals surface area contributed by atoms with Crippen LogP contribution < -0.4 is 0 Å². The monoisotopic (exact) mass is 264 g/mol. The maximum absolute atomic E-state index is 4.98. The Morgan fingerprint density at radius 1 is 0.750 bits per heavy atom. The van der Waals surface area contributed by atoms with Crippen molar-refractivity contribution in [3.05, 3.63) is 97.3 Å². The van der Waals surface area contributed by atoms with Gasteiger partial charge in [-0.05, 0) is 16.7 Å². The molecule has 2 aromatic carbocycles. The van der Waals surface area contributed by atoms with Gasteiger partial charge in [0.1, 0.15) is 6.61 Å². The fraction of sp³-hybridized carbons (Fsp3) is 0.0526. The first-order valence-corrected chi connectivity index (χ1v) is 6.42. The number of ether oxygens (including phenoxy) is 1. The second kappa shape index (κ2) is 9.40. The predicted molar refractivity (Wildman–Crippen MR) is 88.1 cm³/mol. The third-order valence-electron chi connectivity index (χ3n) is 2.65. The Hall–Kier alpha value is -2.54. The van der Waals surface area contributed by atoms with Crippen LogP contribution in [0, 0.1) is 0 Å². The molecule has 2 rings (SSSR count). The lowest BCUT2D eigenvalue weighted by Gasteiger charge is -1.98. The molecule has 0 aliphatic heterocycles. The number of hydrogen-bond donors (Lipinski definition) is 0. The van der Waals surface area contributed by atoms with E-state index in [2.05, 4.69) is 19.7 Å².